The molecule has 0 spiro atoms. The molecule has 86 valence electrons. The smallest absolute Gasteiger partial charge is 0.0496 e. The second kappa shape index (κ2) is 5.13. The van der Waals surface area contributed by atoms with E-state index in [0.29, 0.717) is 6.04 Å². The average molecular weight is 201 g/mol. The molecule has 2 atom stereocenters. The first kappa shape index (κ1) is 13.9. The van der Waals surface area contributed by atoms with E-state index in [2.05, 4.69) is 46.9 Å². The molecule has 0 saturated heterocycles. The van der Waals surface area contributed by atoms with E-state index in [9.17, 15) is 5.11 Å². The summed E-state index contributed by atoms with van der Waals surface area (Å²) >= 11 is 0. The highest BCUT2D eigenvalue weighted by Gasteiger charge is 2.25. The molecule has 0 radical (unpaired) electrons. The Morgan fingerprint density at radius 3 is 2.00 bits per heavy atom. The molecule has 2 unspecified atom stereocenters. The number of rotatable bonds is 5. The molecule has 0 bridgehead atoms. The van der Waals surface area contributed by atoms with Gasteiger partial charge in [0.25, 0.3) is 0 Å². The van der Waals surface area contributed by atoms with Gasteiger partial charge in [0.15, 0.2) is 0 Å². The Balaban J connectivity index is 4.05. The maximum Gasteiger partial charge on any atom is 0.0496 e. The lowest BCUT2D eigenvalue weighted by Gasteiger charge is -2.33. The molecule has 2 nitrogen and oxygen atoms in total. The lowest BCUT2D eigenvalue weighted by Crippen LogP contribution is -2.44. The topological polar surface area (TPSA) is 32.3 Å². The Morgan fingerprint density at radius 2 is 1.71 bits per heavy atom. The van der Waals surface area contributed by atoms with Crippen LogP contribution in [0.15, 0.2) is 0 Å². The van der Waals surface area contributed by atoms with Gasteiger partial charge in [-0.25, -0.2) is 0 Å². The Kier molecular flexibility index (Phi) is 5.10. The number of hydrogen-bond donors (Lipinski definition) is 2. The monoisotopic (exact) mass is 201 g/mol. The Morgan fingerprint density at radius 1 is 1.21 bits per heavy atom. The highest BCUT2D eigenvalue weighted by atomic mass is 16.3. The number of aliphatic hydroxyl groups excluding tert-OH is 1. The Hall–Kier alpha value is -0.0800. The first-order valence-corrected chi connectivity index (χ1v) is 5.59. The first-order valence-electron chi connectivity index (χ1n) is 5.59. The predicted octanol–water partition coefficient (Wildman–Crippen LogP) is 2.42. The summed E-state index contributed by atoms with van der Waals surface area (Å²) in [4.78, 5) is 0. The van der Waals surface area contributed by atoms with Crippen LogP contribution in [0, 0.1) is 10.8 Å². The Labute approximate surface area is 89.1 Å². The van der Waals surface area contributed by atoms with E-state index in [1.165, 1.54) is 0 Å². The van der Waals surface area contributed by atoms with Crippen LogP contribution >= 0.6 is 0 Å². The third kappa shape index (κ3) is 4.43. The highest BCUT2D eigenvalue weighted by Crippen LogP contribution is 2.22. The number of nitrogens with one attached hydrogen (secondary N) is 1. The van der Waals surface area contributed by atoms with Crippen molar-refractivity contribution in [1.82, 2.24) is 5.32 Å². The van der Waals surface area contributed by atoms with Crippen LogP contribution in [0.5, 0.6) is 0 Å². The molecule has 14 heavy (non-hydrogen) atoms. The van der Waals surface area contributed by atoms with E-state index in [0.717, 1.165) is 13.0 Å². The van der Waals surface area contributed by atoms with Gasteiger partial charge in [-0.3, -0.25) is 0 Å². The van der Waals surface area contributed by atoms with Crippen LogP contribution in [0.2, 0.25) is 0 Å². The summed E-state index contributed by atoms with van der Waals surface area (Å²) in [5, 5.41) is 12.8. The zero-order valence-corrected chi connectivity index (χ0v) is 10.6. The van der Waals surface area contributed by atoms with Crippen LogP contribution < -0.4 is 5.32 Å². The zero-order chi connectivity index (χ0) is 11.4. The first-order chi connectivity index (χ1) is 6.25. The van der Waals surface area contributed by atoms with E-state index in [-0.39, 0.29) is 17.4 Å². The van der Waals surface area contributed by atoms with Crippen molar-refractivity contribution in [1.29, 1.82) is 0 Å². The van der Waals surface area contributed by atoms with E-state index in [4.69, 9.17) is 0 Å². The fourth-order valence-electron chi connectivity index (χ4n) is 0.998. The molecule has 0 aliphatic rings. The van der Waals surface area contributed by atoms with Crippen LogP contribution in [-0.2, 0) is 0 Å². The predicted molar refractivity (Wildman–Crippen MR) is 62.4 cm³/mol. The van der Waals surface area contributed by atoms with Crippen molar-refractivity contribution in [2.75, 3.05) is 13.2 Å². The van der Waals surface area contributed by atoms with Crippen molar-refractivity contribution in [3.8, 4) is 0 Å². The molecule has 0 aromatic heterocycles. The molecule has 2 heteroatoms. The van der Waals surface area contributed by atoms with Crippen LogP contribution in [0.25, 0.3) is 0 Å². The van der Waals surface area contributed by atoms with Gasteiger partial charge in [-0.2, -0.15) is 0 Å². The minimum atomic E-state index is 0.0273. The van der Waals surface area contributed by atoms with Gasteiger partial charge in [0.1, 0.15) is 0 Å². The molecule has 0 aliphatic carbocycles. The lowest BCUT2D eigenvalue weighted by molar-refractivity contribution is 0.124. The quantitative estimate of drug-likeness (QED) is 0.716. The van der Waals surface area contributed by atoms with E-state index in [1.807, 2.05) is 0 Å². The minimum Gasteiger partial charge on any atom is -0.396 e. The van der Waals surface area contributed by atoms with Gasteiger partial charge in [-0.1, -0.05) is 34.6 Å². The van der Waals surface area contributed by atoms with Gasteiger partial charge in [-0.15, -0.1) is 0 Å². The van der Waals surface area contributed by atoms with Gasteiger partial charge in [-0.05, 0) is 18.8 Å². The van der Waals surface area contributed by atoms with Crippen molar-refractivity contribution >= 4 is 0 Å². The van der Waals surface area contributed by atoms with Gasteiger partial charge >= 0.3 is 0 Å². The van der Waals surface area contributed by atoms with Crippen molar-refractivity contribution in [2.24, 2.45) is 10.8 Å². The lowest BCUT2D eigenvalue weighted by atomic mass is 9.85. The molecular weight excluding hydrogens is 174 g/mol. The summed E-state index contributed by atoms with van der Waals surface area (Å²) in [7, 11) is 0. The number of aliphatic hydroxyl groups is 1. The molecule has 0 saturated carbocycles. The largest absolute Gasteiger partial charge is 0.396 e. The van der Waals surface area contributed by atoms with E-state index < -0.39 is 0 Å². The molecule has 0 aromatic rings. The van der Waals surface area contributed by atoms with E-state index >= 15 is 0 Å². The Bertz CT molecular complexity index is 156. The standard InChI is InChI=1S/C12H27NO/c1-7-12(6,9-14)8-13-10(2)11(3,4)5/h10,13-14H,7-9H2,1-6H3. The van der Waals surface area contributed by atoms with Crippen molar-refractivity contribution < 1.29 is 5.11 Å². The van der Waals surface area contributed by atoms with Crippen LogP contribution in [-0.4, -0.2) is 24.3 Å². The summed E-state index contributed by atoms with van der Waals surface area (Å²) in [6.07, 6.45) is 1.01. The van der Waals surface area contributed by atoms with Crippen LogP contribution in [0.3, 0.4) is 0 Å². The normalized spacial score (nSPS) is 19.1. The molecule has 0 aliphatic heterocycles. The second-order valence-corrected chi connectivity index (χ2v) is 5.79. The van der Waals surface area contributed by atoms with Gasteiger partial charge in [0.2, 0.25) is 0 Å². The zero-order valence-electron chi connectivity index (χ0n) is 10.6. The molecule has 0 aromatic carbocycles. The van der Waals surface area contributed by atoms with Gasteiger partial charge in [0, 0.05) is 24.6 Å². The molecule has 2 N–H and O–H groups in total. The van der Waals surface area contributed by atoms with Crippen molar-refractivity contribution in [3.63, 3.8) is 0 Å². The molecule has 0 rings (SSSR count). The average Bonchev–Trinajstić information content (AvgIpc) is 2.12. The summed E-state index contributed by atoms with van der Waals surface area (Å²) < 4.78 is 0. The third-order valence-corrected chi connectivity index (χ3v) is 3.37. The van der Waals surface area contributed by atoms with Crippen molar-refractivity contribution in [2.45, 2.75) is 54.0 Å². The van der Waals surface area contributed by atoms with E-state index in [1.54, 1.807) is 0 Å². The SMILES string of the molecule is CCC(C)(CO)CNC(C)C(C)(C)C. The maximum atomic E-state index is 9.26. The van der Waals surface area contributed by atoms with Gasteiger partial charge < -0.3 is 10.4 Å². The minimum absolute atomic E-state index is 0.0273. The summed E-state index contributed by atoms with van der Waals surface area (Å²) in [6, 6.07) is 0.472. The number of hydrogen-bond acceptors (Lipinski definition) is 2. The summed E-state index contributed by atoms with van der Waals surface area (Å²) in [5.41, 5.74) is 0.309. The van der Waals surface area contributed by atoms with Crippen LogP contribution in [0.4, 0.5) is 0 Å². The fraction of sp³-hybridized carbons (Fsp3) is 1.00. The second-order valence-electron chi connectivity index (χ2n) is 5.79. The van der Waals surface area contributed by atoms with Crippen molar-refractivity contribution in [3.05, 3.63) is 0 Å². The molecular formula is C12H27NO. The maximum absolute atomic E-state index is 9.26. The molecule has 0 amide bonds. The summed E-state index contributed by atoms with van der Waals surface area (Å²) in [6.45, 7) is 14.3. The summed E-state index contributed by atoms with van der Waals surface area (Å²) in [5.74, 6) is 0. The highest BCUT2D eigenvalue weighted by molar-refractivity contribution is 4.81. The molecule has 0 heterocycles. The third-order valence-electron chi connectivity index (χ3n) is 3.37. The van der Waals surface area contributed by atoms with Crippen LogP contribution in [0.1, 0.15) is 48.0 Å². The fourth-order valence-corrected chi connectivity index (χ4v) is 0.998. The van der Waals surface area contributed by atoms with Gasteiger partial charge in [0.05, 0.1) is 0 Å². The molecule has 0 fully saturated rings.